The number of primary amides is 1. The predicted octanol–water partition coefficient (Wildman–Crippen LogP) is 1.05. The largest absolute Gasteiger partial charge is 0.363 e. The molecule has 1 amide bonds. The fraction of sp³-hybridized carbons (Fsp3) is 0.273. The summed E-state index contributed by atoms with van der Waals surface area (Å²) in [5, 5.41) is 4.59. The zero-order valence-electron chi connectivity index (χ0n) is 9.64. The quantitative estimate of drug-likeness (QED) is 0.642. The molecule has 6 nitrogen and oxygen atoms in total. The molecule has 0 atom stereocenters. The minimum absolute atomic E-state index is 0.139. The second-order valence-corrected chi connectivity index (χ2v) is 4.71. The third-order valence-electron chi connectivity index (χ3n) is 2.91. The van der Waals surface area contributed by atoms with E-state index in [1.807, 2.05) is 6.26 Å². The third-order valence-corrected chi connectivity index (χ3v) is 3.47. The van der Waals surface area contributed by atoms with Crippen molar-refractivity contribution in [1.82, 2.24) is 15.1 Å². The van der Waals surface area contributed by atoms with E-state index >= 15 is 0 Å². The Balaban J connectivity index is 2.19. The lowest BCUT2D eigenvalue weighted by molar-refractivity contribution is 0.0964. The van der Waals surface area contributed by atoms with Crippen LogP contribution in [-0.2, 0) is 12.8 Å². The number of nitrogens with two attached hydrogens (primary N) is 1. The first kappa shape index (κ1) is 11.2. The average molecular weight is 262 g/mol. The highest BCUT2D eigenvalue weighted by atomic mass is 32.2. The Kier molecular flexibility index (Phi) is 2.55. The number of nitrogens with zero attached hydrogens (tertiary/aromatic N) is 3. The Hall–Kier alpha value is -1.89. The normalized spacial score (nSPS) is 12.9. The molecule has 2 aromatic heterocycles. The summed E-state index contributed by atoms with van der Waals surface area (Å²) in [6.07, 6.45) is 5.14. The van der Waals surface area contributed by atoms with Gasteiger partial charge in [0, 0.05) is 11.8 Å². The molecular weight excluding hydrogens is 252 g/mol. The summed E-state index contributed by atoms with van der Waals surface area (Å²) < 4.78 is 5.02. The van der Waals surface area contributed by atoms with Crippen LogP contribution >= 0.6 is 11.8 Å². The van der Waals surface area contributed by atoms with Gasteiger partial charge in [-0.25, -0.2) is 9.97 Å². The van der Waals surface area contributed by atoms with Crippen molar-refractivity contribution in [3.63, 3.8) is 0 Å². The Labute approximate surface area is 107 Å². The van der Waals surface area contributed by atoms with Gasteiger partial charge in [-0.2, -0.15) is 0 Å². The molecule has 0 radical (unpaired) electrons. The number of aryl methyl sites for hydroxylation is 1. The van der Waals surface area contributed by atoms with Gasteiger partial charge in [-0.1, -0.05) is 16.9 Å². The van der Waals surface area contributed by atoms with Crippen LogP contribution in [0.4, 0.5) is 0 Å². The predicted molar refractivity (Wildman–Crippen MR) is 65.2 cm³/mol. The van der Waals surface area contributed by atoms with E-state index in [4.69, 9.17) is 10.3 Å². The summed E-state index contributed by atoms with van der Waals surface area (Å²) in [4.78, 5) is 19.9. The van der Waals surface area contributed by atoms with E-state index < -0.39 is 5.91 Å². The Morgan fingerprint density at radius 2 is 2.28 bits per heavy atom. The number of fused-ring (bicyclic) bond motifs is 3. The molecule has 0 saturated heterocycles. The number of hydrogen-bond acceptors (Lipinski definition) is 6. The van der Waals surface area contributed by atoms with Crippen LogP contribution in [0.1, 0.15) is 21.7 Å². The summed E-state index contributed by atoms with van der Waals surface area (Å²) in [5.74, 6) is -0.452. The molecule has 3 rings (SSSR count). The van der Waals surface area contributed by atoms with Crippen molar-refractivity contribution in [2.75, 3.05) is 6.26 Å². The molecule has 0 spiro atoms. The highest BCUT2D eigenvalue weighted by Gasteiger charge is 2.27. The van der Waals surface area contributed by atoms with Gasteiger partial charge in [0.25, 0.3) is 5.91 Å². The smallest absolute Gasteiger partial charge is 0.287 e. The van der Waals surface area contributed by atoms with Crippen LogP contribution in [-0.4, -0.2) is 27.3 Å². The SMILES string of the molecule is CSc1ncc2c(n1)-c1noc(C(N)=O)c1CC2. The minimum atomic E-state index is -0.591. The van der Waals surface area contributed by atoms with Crippen LogP contribution in [0, 0.1) is 0 Å². The summed E-state index contributed by atoms with van der Waals surface area (Å²) in [6.45, 7) is 0. The molecule has 2 heterocycles. The van der Waals surface area contributed by atoms with Crippen LogP contribution in [0.5, 0.6) is 0 Å². The lowest BCUT2D eigenvalue weighted by atomic mass is 9.93. The zero-order chi connectivity index (χ0) is 12.7. The molecule has 1 aliphatic carbocycles. The van der Waals surface area contributed by atoms with Crippen LogP contribution < -0.4 is 5.73 Å². The van der Waals surface area contributed by atoms with Crippen LogP contribution in [0.2, 0.25) is 0 Å². The van der Waals surface area contributed by atoms with Crippen LogP contribution in [0.15, 0.2) is 15.9 Å². The first-order valence-electron chi connectivity index (χ1n) is 5.39. The van der Waals surface area contributed by atoms with E-state index in [1.54, 1.807) is 6.20 Å². The minimum Gasteiger partial charge on any atom is -0.363 e. The molecule has 92 valence electrons. The van der Waals surface area contributed by atoms with Crippen LogP contribution in [0.3, 0.4) is 0 Å². The van der Waals surface area contributed by atoms with E-state index in [2.05, 4.69) is 15.1 Å². The molecule has 0 unspecified atom stereocenters. The van der Waals surface area contributed by atoms with Crippen molar-refractivity contribution in [3.05, 3.63) is 23.1 Å². The number of carbonyl (C=O) groups excluding carboxylic acids is 1. The van der Waals surface area contributed by atoms with Gasteiger partial charge < -0.3 is 10.3 Å². The Bertz CT molecular complexity index is 638. The summed E-state index contributed by atoms with van der Waals surface area (Å²) in [6, 6.07) is 0. The fourth-order valence-corrected chi connectivity index (χ4v) is 2.40. The number of hydrogen-bond donors (Lipinski definition) is 1. The van der Waals surface area contributed by atoms with Gasteiger partial charge in [0.2, 0.25) is 5.76 Å². The Morgan fingerprint density at radius 3 is 3.00 bits per heavy atom. The van der Waals surface area contributed by atoms with Crippen molar-refractivity contribution in [3.8, 4) is 11.4 Å². The lowest BCUT2D eigenvalue weighted by Crippen LogP contribution is -2.14. The number of aromatic nitrogens is 3. The number of carbonyl (C=O) groups is 1. The van der Waals surface area contributed by atoms with E-state index in [9.17, 15) is 4.79 Å². The second-order valence-electron chi connectivity index (χ2n) is 3.93. The lowest BCUT2D eigenvalue weighted by Gasteiger charge is -2.13. The summed E-state index contributed by atoms with van der Waals surface area (Å²) in [7, 11) is 0. The van der Waals surface area contributed by atoms with Gasteiger partial charge >= 0.3 is 0 Å². The maximum absolute atomic E-state index is 11.2. The van der Waals surface area contributed by atoms with E-state index in [1.165, 1.54) is 11.8 Å². The molecule has 0 saturated carbocycles. The van der Waals surface area contributed by atoms with Gasteiger partial charge in [-0.3, -0.25) is 4.79 Å². The van der Waals surface area contributed by atoms with Gasteiger partial charge in [-0.05, 0) is 24.7 Å². The molecule has 2 aromatic rings. The molecule has 18 heavy (non-hydrogen) atoms. The molecule has 7 heteroatoms. The highest BCUT2D eigenvalue weighted by molar-refractivity contribution is 7.98. The van der Waals surface area contributed by atoms with E-state index in [-0.39, 0.29) is 5.76 Å². The van der Waals surface area contributed by atoms with E-state index in [0.29, 0.717) is 17.3 Å². The molecule has 0 aliphatic heterocycles. The van der Waals surface area contributed by atoms with Crippen molar-refractivity contribution < 1.29 is 9.32 Å². The molecule has 2 N–H and O–H groups in total. The van der Waals surface area contributed by atoms with Crippen LogP contribution in [0.25, 0.3) is 11.4 Å². The molecule has 0 aromatic carbocycles. The van der Waals surface area contributed by atoms with Gasteiger partial charge in [0.1, 0.15) is 11.4 Å². The molecule has 0 bridgehead atoms. The third kappa shape index (κ3) is 1.59. The van der Waals surface area contributed by atoms with Crippen molar-refractivity contribution in [2.24, 2.45) is 5.73 Å². The molecule has 1 aliphatic rings. The van der Waals surface area contributed by atoms with Crippen molar-refractivity contribution in [1.29, 1.82) is 0 Å². The average Bonchev–Trinajstić information content (AvgIpc) is 2.82. The van der Waals surface area contributed by atoms with Gasteiger partial charge in [-0.15, -0.1) is 0 Å². The summed E-state index contributed by atoms with van der Waals surface area (Å²) in [5.41, 5.74) is 8.37. The van der Waals surface area contributed by atoms with Gasteiger partial charge in [0.05, 0.1) is 0 Å². The monoisotopic (exact) mass is 262 g/mol. The molecular formula is C11H10N4O2S. The first-order chi connectivity index (χ1) is 8.70. The van der Waals surface area contributed by atoms with Gasteiger partial charge in [0.15, 0.2) is 5.16 Å². The van der Waals surface area contributed by atoms with E-state index in [0.717, 1.165) is 23.2 Å². The Morgan fingerprint density at radius 1 is 1.44 bits per heavy atom. The zero-order valence-corrected chi connectivity index (χ0v) is 10.5. The van der Waals surface area contributed by atoms with Crippen molar-refractivity contribution >= 4 is 17.7 Å². The number of amides is 1. The van der Waals surface area contributed by atoms with Crippen molar-refractivity contribution in [2.45, 2.75) is 18.0 Å². The number of rotatable bonds is 2. The summed E-state index contributed by atoms with van der Waals surface area (Å²) >= 11 is 1.46. The topological polar surface area (TPSA) is 94.9 Å². The standard InChI is InChI=1S/C11H10N4O2S/c1-18-11-13-4-5-2-3-6-8(7(5)14-11)15-17-9(6)10(12)16/h4H,2-3H2,1H3,(H2,12,16). The maximum atomic E-state index is 11.2. The first-order valence-corrected chi connectivity index (χ1v) is 6.62. The fourth-order valence-electron chi connectivity index (χ4n) is 2.06. The number of thioether (sulfide) groups is 1. The molecule has 0 fully saturated rings. The second kappa shape index (κ2) is 4.09. The maximum Gasteiger partial charge on any atom is 0.287 e. The highest BCUT2D eigenvalue weighted by Crippen LogP contribution is 2.33.